The number of nitrogens with zero attached hydrogens (tertiary/aromatic N) is 1. The number of rotatable bonds is 4. The molecule has 4 nitrogen and oxygen atoms in total. The maximum atomic E-state index is 13.0. The number of ether oxygens (including phenoxy) is 1. The van der Waals surface area contributed by atoms with Gasteiger partial charge in [0.15, 0.2) is 0 Å². The van der Waals surface area contributed by atoms with Crippen molar-refractivity contribution in [3.63, 3.8) is 0 Å². The lowest BCUT2D eigenvalue weighted by molar-refractivity contribution is 0.396. The van der Waals surface area contributed by atoms with Crippen LogP contribution in [0.15, 0.2) is 53.4 Å². The summed E-state index contributed by atoms with van der Waals surface area (Å²) in [7, 11) is -1.93. The Hall–Kier alpha value is -1.85. The molecule has 3 rings (SSSR count). The van der Waals surface area contributed by atoms with Crippen LogP contribution < -0.4 is 4.74 Å². The van der Waals surface area contributed by atoms with Crippen LogP contribution in [0, 0.1) is 6.92 Å². The van der Waals surface area contributed by atoms with E-state index in [0.717, 1.165) is 24.0 Å². The average molecular weight is 331 g/mol. The van der Waals surface area contributed by atoms with Crippen molar-refractivity contribution < 1.29 is 13.2 Å². The molecule has 0 spiro atoms. The first kappa shape index (κ1) is 16.0. The van der Waals surface area contributed by atoms with Crippen LogP contribution in [0.25, 0.3) is 0 Å². The highest BCUT2D eigenvalue weighted by Gasteiger charge is 2.36. The van der Waals surface area contributed by atoms with E-state index in [0.29, 0.717) is 17.2 Å². The molecule has 0 aliphatic carbocycles. The van der Waals surface area contributed by atoms with E-state index >= 15 is 0 Å². The van der Waals surface area contributed by atoms with Gasteiger partial charge in [0.2, 0.25) is 10.0 Å². The van der Waals surface area contributed by atoms with Gasteiger partial charge in [-0.25, -0.2) is 8.42 Å². The van der Waals surface area contributed by atoms with Gasteiger partial charge >= 0.3 is 0 Å². The van der Waals surface area contributed by atoms with Gasteiger partial charge in [0.1, 0.15) is 5.75 Å². The lowest BCUT2D eigenvalue weighted by Gasteiger charge is -2.24. The standard InChI is InChI=1S/C18H21NO3S/c1-14-5-3-6-15(13-14)18-7-4-12-19(18)23(20,21)17-10-8-16(22-2)9-11-17/h3,5-6,8-11,13,18H,4,7,12H2,1-2H3/t18-/m1/s1. The highest BCUT2D eigenvalue weighted by atomic mass is 32.2. The van der Waals surface area contributed by atoms with Crippen molar-refractivity contribution >= 4 is 10.0 Å². The third kappa shape index (κ3) is 3.12. The molecule has 1 atom stereocenters. The van der Waals surface area contributed by atoms with E-state index in [4.69, 9.17) is 4.74 Å². The zero-order valence-electron chi connectivity index (χ0n) is 13.4. The molecule has 0 unspecified atom stereocenters. The minimum absolute atomic E-state index is 0.0815. The number of hydrogen-bond donors (Lipinski definition) is 0. The maximum Gasteiger partial charge on any atom is 0.243 e. The van der Waals surface area contributed by atoms with Gasteiger partial charge in [-0.15, -0.1) is 0 Å². The molecule has 2 aromatic carbocycles. The monoisotopic (exact) mass is 331 g/mol. The molecular formula is C18H21NO3S. The SMILES string of the molecule is COc1ccc(S(=O)(=O)N2CCC[C@@H]2c2cccc(C)c2)cc1. The van der Waals surface area contributed by atoms with Gasteiger partial charge in [-0.3, -0.25) is 0 Å². The van der Waals surface area contributed by atoms with Crippen LogP contribution in [0.5, 0.6) is 5.75 Å². The summed E-state index contributed by atoms with van der Waals surface area (Å²) in [5.41, 5.74) is 2.22. The van der Waals surface area contributed by atoms with E-state index in [2.05, 4.69) is 6.07 Å². The van der Waals surface area contributed by atoms with Crippen LogP contribution in [0.1, 0.15) is 30.0 Å². The van der Waals surface area contributed by atoms with E-state index in [9.17, 15) is 8.42 Å². The normalized spacial score (nSPS) is 19.0. The molecule has 23 heavy (non-hydrogen) atoms. The molecule has 1 heterocycles. The summed E-state index contributed by atoms with van der Waals surface area (Å²) < 4.78 is 32.7. The van der Waals surface area contributed by atoms with Crippen molar-refractivity contribution in [1.29, 1.82) is 0 Å². The van der Waals surface area contributed by atoms with Gasteiger partial charge in [0.05, 0.1) is 18.0 Å². The second-order valence-corrected chi connectivity index (χ2v) is 7.75. The Morgan fingerprint density at radius 3 is 2.52 bits per heavy atom. The van der Waals surface area contributed by atoms with Gasteiger partial charge in [-0.1, -0.05) is 29.8 Å². The fraction of sp³-hybridized carbons (Fsp3) is 0.333. The number of benzene rings is 2. The Morgan fingerprint density at radius 1 is 1.13 bits per heavy atom. The lowest BCUT2D eigenvalue weighted by Crippen LogP contribution is -2.30. The summed E-state index contributed by atoms with van der Waals surface area (Å²) >= 11 is 0. The van der Waals surface area contributed by atoms with Crippen LogP contribution >= 0.6 is 0 Å². The second kappa shape index (κ2) is 6.34. The van der Waals surface area contributed by atoms with Crippen molar-refractivity contribution in [1.82, 2.24) is 4.31 Å². The highest BCUT2D eigenvalue weighted by Crippen LogP contribution is 2.36. The van der Waals surface area contributed by atoms with Crippen LogP contribution in [0.4, 0.5) is 0 Å². The molecule has 5 heteroatoms. The van der Waals surface area contributed by atoms with Gasteiger partial charge in [-0.2, -0.15) is 4.31 Å². The van der Waals surface area contributed by atoms with Gasteiger partial charge in [-0.05, 0) is 49.6 Å². The molecule has 0 N–H and O–H groups in total. The van der Waals surface area contributed by atoms with Crippen molar-refractivity contribution in [3.05, 3.63) is 59.7 Å². The quantitative estimate of drug-likeness (QED) is 0.861. The van der Waals surface area contributed by atoms with E-state index in [1.807, 2.05) is 25.1 Å². The minimum Gasteiger partial charge on any atom is -0.497 e. The summed E-state index contributed by atoms with van der Waals surface area (Å²) in [6.45, 7) is 2.59. The predicted octanol–water partition coefficient (Wildman–Crippen LogP) is 3.53. The van der Waals surface area contributed by atoms with Crippen LogP contribution in [-0.4, -0.2) is 26.4 Å². The Kier molecular flexibility index (Phi) is 4.41. The fourth-order valence-corrected chi connectivity index (χ4v) is 4.80. The minimum atomic E-state index is -3.50. The fourth-order valence-electron chi connectivity index (χ4n) is 3.12. The molecule has 0 radical (unpaired) electrons. The Morgan fingerprint density at radius 2 is 1.87 bits per heavy atom. The van der Waals surface area contributed by atoms with E-state index in [1.54, 1.807) is 35.7 Å². The molecular weight excluding hydrogens is 310 g/mol. The Labute approximate surface area is 137 Å². The molecule has 2 aromatic rings. The molecule has 0 saturated carbocycles. The van der Waals surface area contributed by atoms with Crippen LogP contribution in [0.2, 0.25) is 0 Å². The Balaban J connectivity index is 1.94. The summed E-state index contributed by atoms with van der Waals surface area (Å²) in [5, 5.41) is 0. The average Bonchev–Trinajstić information content (AvgIpc) is 3.05. The van der Waals surface area contributed by atoms with Crippen molar-refractivity contribution in [2.45, 2.75) is 30.7 Å². The number of sulfonamides is 1. The second-order valence-electron chi connectivity index (χ2n) is 5.86. The molecule has 0 amide bonds. The predicted molar refractivity (Wildman–Crippen MR) is 90.0 cm³/mol. The summed E-state index contributed by atoms with van der Waals surface area (Å²) in [6.07, 6.45) is 1.74. The number of hydrogen-bond acceptors (Lipinski definition) is 3. The summed E-state index contributed by atoms with van der Waals surface area (Å²) in [6, 6.07) is 14.6. The topological polar surface area (TPSA) is 46.6 Å². The first-order valence-electron chi connectivity index (χ1n) is 7.75. The lowest BCUT2D eigenvalue weighted by atomic mass is 10.0. The van der Waals surface area contributed by atoms with Crippen molar-refractivity contribution in [2.24, 2.45) is 0 Å². The Bertz CT molecular complexity index is 784. The van der Waals surface area contributed by atoms with Crippen LogP contribution in [0.3, 0.4) is 0 Å². The van der Waals surface area contributed by atoms with Crippen molar-refractivity contribution in [3.8, 4) is 5.75 Å². The first-order valence-corrected chi connectivity index (χ1v) is 9.19. The van der Waals surface area contributed by atoms with Gasteiger partial charge < -0.3 is 4.74 Å². The maximum absolute atomic E-state index is 13.0. The molecule has 0 aromatic heterocycles. The number of aryl methyl sites for hydroxylation is 1. The molecule has 1 saturated heterocycles. The van der Waals surface area contributed by atoms with E-state index in [1.165, 1.54) is 0 Å². The summed E-state index contributed by atoms with van der Waals surface area (Å²) in [5.74, 6) is 0.653. The molecule has 122 valence electrons. The van der Waals surface area contributed by atoms with Crippen molar-refractivity contribution in [2.75, 3.05) is 13.7 Å². The smallest absolute Gasteiger partial charge is 0.243 e. The van der Waals surface area contributed by atoms with Crippen LogP contribution in [-0.2, 0) is 10.0 Å². The highest BCUT2D eigenvalue weighted by molar-refractivity contribution is 7.89. The first-order chi connectivity index (χ1) is 11.0. The van der Waals surface area contributed by atoms with E-state index in [-0.39, 0.29) is 6.04 Å². The number of methoxy groups -OCH3 is 1. The largest absolute Gasteiger partial charge is 0.497 e. The zero-order valence-corrected chi connectivity index (χ0v) is 14.2. The molecule has 1 aliphatic rings. The molecule has 1 aliphatic heterocycles. The third-order valence-corrected chi connectivity index (χ3v) is 6.22. The molecule has 1 fully saturated rings. The van der Waals surface area contributed by atoms with Gasteiger partial charge in [0.25, 0.3) is 0 Å². The van der Waals surface area contributed by atoms with Gasteiger partial charge in [0, 0.05) is 6.54 Å². The third-order valence-electron chi connectivity index (χ3n) is 4.30. The van der Waals surface area contributed by atoms with E-state index < -0.39 is 10.0 Å². The zero-order chi connectivity index (χ0) is 16.4. The molecule has 0 bridgehead atoms. The summed E-state index contributed by atoms with van der Waals surface area (Å²) in [4.78, 5) is 0.317.